The Morgan fingerprint density at radius 1 is 0.235 bits per heavy atom. The maximum Gasteiger partial charge on any atom is 0.0387 e. The second-order valence-electron chi connectivity index (χ2n) is 23.8. The van der Waals surface area contributed by atoms with Gasteiger partial charge < -0.3 is 10.6 Å². The lowest BCUT2D eigenvalue weighted by atomic mass is 9.70. The SMILES string of the molecule is CCCCCCC1(CCCCC)c2ccccc2-c2ccc(Nc3ccc(-c4ccc(-c5ccc(-c6ccc(-c7ccc(Nc8ccc9c(c8)C(CCCCCC)(CCCCCC)c8ccccc8-9)cc7)cc6)cc5)cc4)cc3)cc21. The van der Waals surface area contributed by atoms with Gasteiger partial charge in [0.15, 0.2) is 0 Å². The molecule has 2 aliphatic carbocycles. The molecular formula is C79H86N2. The molecule has 412 valence electrons. The molecule has 0 radical (unpaired) electrons. The molecule has 81 heavy (non-hydrogen) atoms. The Bertz CT molecular complexity index is 3460. The van der Waals surface area contributed by atoms with Gasteiger partial charge in [-0.05, 0) is 163 Å². The quantitative estimate of drug-likeness (QED) is 0.0502. The van der Waals surface area contributed by atoms with Crippen molar-refractivity contribution >= 4 is 22.7 Å². The Morgan fingerprint density at radius 2 is 0.481 bits per heavy atom. The predicted molar refractivity (Wildman–Crippen MR) is 350 cm³/mol. The Hall–Kier alpha value is -7.42. The highest BCUT2D eigenvalue weighted by atomic mass is 14.9. The Balaban J connectivity index is 0.719. The van der Waals surface area contributed by atoms with Crippen LogP contribution in [0, 0.1) is 0 Å². The molecule has 11 rings (SSSR count). The van der Waals surface area contributed by atoms with Crippen LogP contribution in [0.5, 0.6) is 0 Å². The molecule has 2 aliphatic rings. The molecule has 1 atom stereocenters. The number of nitrogens with one attached hydrogen (secondary N) is 2. The van der Waals surface area contributed by atoms with Crippen LogP contribution < -0.4 is 10.6 Å². The second kappa shape index (κ2) is 26.0. The van der Waals surface area contributed by atoms with Crippen molar-refractivity contribution in [2.75, 3.05) is 10.6 Å². The minimum atomic E-state index is 0.0828. The van der Waals surface area contributed by atoms with E-state index in [2.05, 4.69) is 245 Å². The average Bonchev–Trinajstić information content (AvgIpc) is 3.46. The van der Waals surface area contributed by atoms with E-state index in [0.29, 0.717) is 0 Å². The van der Waals surface area contributed by atoms with Gasteiger partial charge in [0.2, 0.25) is 0 Å². The molecule has 2 heteroatoms. The third-order valence-corrected chi connectivity index (χ3v) is 18.4. The number of anilines is 4. The number of hydrogen-bond acceptors (Lipinski definition) is 2. The molecule has 0 spiro atoms. The van der Waals surface area contributed by atoms with Gasteiger partial charge in [-0.1, -0.05) is 282 Å². The summed E-state index contributed by atoms with van der Waals surface area (Å²) in [6.07, 6.45) is 24.2. The second-order valence-corrected chi connectivity index (χ2v) is 23.8. The van der Waals surface area contributed by atoms with E-state index < -0.39 is 0 Å². The fourth-order valence-corrected chi connectivity index (χ4v) is 14.0. The van der Waals surface area contributed by atoms with Crippen molar-refractivity contribution < 1.29 is 0 Å². The first-order valence-corrected chi connectivity index (χ1v) is 31.5. The summed E-state index contributed by atoms with van der Waals surface area (Å²) in [6, 6.07) is 77.8. The van der Waals surface area contributed by atoms with Crippen molar-refractivity contribution in [1.82, 2.24) is 0 Å². The predicted octanol–water partition coefficient (Wildman–Crippen LogP) is 23.9. The molecule has 9 aromatic rings. The first-order valence-electron chi connectivity index (χ1n) is 31.5. The zero-order chi connectivity index (χ0) is 55.4. The summed E-state index contributed by atoms with van der Waals surface area (Å²) < 4.78 is 0. The lowest BCUT2D eigenvalue weighted by Crippen LogP contribution is -2.25. The number of unbranched alkanes of at least 4 members (excludes halogenated alkanes) is 11. The molecule has 0 bridgehead atoms. The normalized spacial score (nSPS) is 14.5. The minimum absolute atomic E-state index is 0.0828. The van der Waals surface area contributed by atoms with Crippen LogP contribution in [0.3, 0.4) is 0 Å². The highest BCUT2D eigenvalue weighted by molar-refractivity contribution is 5.85. The van der Waals surface area contributed by atoms with Gasteiger partial charge in [-0.15, -0.1) is 0 Å². The van der Waals surface area contributed by atoms with Crippen molar-refractivity contribution in [3.05, 3.63) is 229 Å². The molecule has 0 heterocycles. The van der Waals surface area contributed by atoms with Crippen LogP contribution in [0.4, 0.5) is 22.7 Å². The maximum atomic E-state index is 3.81. The average molecular weight is 1060 g/mol. The Morgan fingerprint density at radius 3 is 0.790 bits per heavy atom. The molecular weight excluding hydrogens is 977 g/mol. The summed E-state index contributed by atoms with van der Waals surface area (Å²) >= 11 is 0. The van der Waals surface area contributed by atoms with Gasteiger partial charge in [0, 0.05) is 33.6 Å². The van der Waals surface area contributed by atoms with E-state index >= 15 is 0 Å². The van der Waals surface area contributed by atoms with Gasteiger partial charge in [-0.25, -0.2) is 0 Å². The van der Waals surface area contributed by atoms with E-state index in [0.717, 1.165) is 11.4 Å². The molecule has 2 N–H and O–H groups in total. The number of fused-ring (bicyclic) bond motifs is 6. The number of benzene rings is 9. The van der Waals surface area contributed by atoms with Crippen molar-refractivity contribution in [2.45, 2.75) is 161 Å². The highest BCUT2D eigenvalue weighted by Crippen LogP contribution is 2.56. The first-order chi connectivity index (χ1) is 39.9. The largest absolute Gasteiger partial charge is 0.356 e. The van der Waals surface area contributed by atoms with Gasteiger partial charge in [0.1, 0.15) is 0 Å². The zero-order valence-corrected chi connectivity index (χ0v) is 49.1. The van der Waals surface area contributed by atoms with Crippen LogP contribution in [0.15, 0.2) is 206 Å². The zero-order valence-electron chi connectivity index (χ0n) is 49.1. The summed E-state index contributed by atoms with van der Waals surface area (Å²) in [6.45, 7) is 9.28. The first kappa shape index (κ1) is 55.5. The molecule has 2 nitrogen and oxygen atoms in total. The maximum absolute atomic E-state index is 3.81. The van der Waals surface area contributed by atoms with Gasteiger partial charge in [0.25, 0.3) is 0 Å². The van der Waals surface area contributed by atoms with Crippen LogP contribution in [0.1, 0.15) is 172 Å². The molecule has 1 unspecified atom stereocenters. The molecule has 0 fully saturated rings. The Kier molecular flexibility index (Phi) is 17.8. The fraction of sp³-hybridized carbons (Fsp3) is 0.316. The lowest BCUT2D eigenvalue weighted by molar-refractivity contribution is 0.401. The van der Waals surface area contributed by atoms with E-state index in [-0.39, 0.29) is 10.8 Å². The smallest absolute Gasteiger partial charge is 0.0387 e. The Labute approximate surface area is 486 Å². The van der Waals surface area contributed by atoms with E-state index in [9.17, 15) is 0 Å². The summed E-state index contributed by atoms with van der Waals surface area (Å²) in [4.78, 5) is 0. The minimum Gasteiger partial charge on any atom is -0.356 e. The standard InChI is InChI=1S/C79H86N2/c1-5-9-13-21-53-78(52-20-12-8-4)74-26-18-16-24-70(74)72-50-48-68(56-76(72)78)80-66-44-40-64(41-45-66)62-36-32-60(33-37-62)58-28-30-59(31-29-58)61-34-38-63(39-35-61)65-42-46-67(47-43-65)81-69-49-51-73-71-25-17-19-27-75(71)79(77(73)57-69,54-22-14-10-6-2)55-23-15-11-7-3/h16-19,24-51,56-57,80-81H,5-15,20-23,52-55H2,1-4H3. The number of rotatable bonds is 27. The van der Waals surface area contributed by atoms with Crippen molar-refractivity contribution in [3.8, 4) is 66.8 Å². The van der Waals surface area contributed by atoms with Gasteiger partial charge in [-0.3, -0.25) is 0 Å². The van der Waals surface area contributed by atoms with E-state index in [1.54, 1.807) is 11.1 Å². The topological polar surface area (TPSA) is 24.1 Å². The van der Waals surface area contributed by atoms with Gasteiger partial charge >= 0.3 is 0 Å². The van der Waals surface area contributed by atoms with Crippen LogP contribution >= 0.6 is 0 Å². The van der Waals surface area contributed by atoms with Crippen molar-refractivity contribution in [1.29, 1.82) is 0 Å². The number of hydrogen-bond donors (Lipinski definition) is 2. The molecule has 0 saturated heterocycles. The molecule has 0 aliphatic heterocycles. The van der Waals surface area contributed by atoms with E-state index in [4.69, 9.17) is 0 Å². The lowest BCUT2D eigenvalue weighted by Gasteiger charge is -2.33. The highest BCUT2D eigenvalue weighted by Gasteiger charge is 2.43. The molecule has 0 amide bonds. The molecule has 0 saturated carbocycles. The van der Waals surface area contributed by atoms with Crippen LogP contribution in [0.25, 0.3) is 66.8 Å². The summed E-state index contributed by atoms with van der Waals surface area (Å²) in [7, 11) is 0. The molecule has 0 aromatic heterocycles. The van der Waals surface area contributed by atoms with Gasteiger partial charge in [0.05, 0.1) is 0 Å². The van der Waals surface area contributed by atoms with Crippen LogP contribution in [-0.4, -0.2) is 0 Å². The van der Waals surface area contributed by atoms with E-state index in [1.165, 1.54) is 211 Å². The monoisotopic (exact) mass is 1060 g/mol. The van der Waals surface area contributed by atoms with Crippen LogP contribution in [-0.2, 0) is 10.8 Å². The molecule has 9 aromatic carbocycles. The third-order valence-electron chi connectivity index (χ3n) is 18.4. The van der Waals surface area contributed by atoms with Crippen molar-refractivity contribution in [3.63, 3.8) is 0 Å². The summed E-state index contributed by atoms with van der Waals surface area (Å²) in [5.74, 6) is 0. The van der Waals surface area contributed by atoms with Crippen LogP contribution in [0.2, 0.25) is 0 Å². The van der Waals surface area contributed by atoms with E-state index in [1.807, 2.05) is 0 Å². The summed E-state index contributed by atoms with van der Waals surface area (Å²) in [5, 5.41) is 7.62. The fourth-order valence-electron chi connectivity index (χ4n) is 14.0. The summed E-state index contributed by atoms with van der Waals surface area (Å²) in [5.41, 5.74) is 26.4. The third kappa shape index (κ3) is 12.0. The van der Waals surface area contributed by atoms with Gasteiger partial charge in [-0.2, -0.15) is 0 Å². The van der Waals surface area contributed by atoms with Crippen molar-refractivity contribution in [2.24, 2.45) is 0 Å².